The molecule has 0 fully saturated rings. The molecule has 96 valence electrons. The number of hydrogen-bond donors (Lipinski definition) is 1. The highest BCUT2D eigenvalue weighted by Crippen LogP contribution is 2.21. The van der Waals surface area contributed by atoms with Crippen LogP contribution in [-0.4, -0.2) is 12.4 Å². The molecular formula is C14H21ClFN. The first kappa shape index (κ1) is 14.5. The van der Waals surface area contributed by atoms with Crippen LogP contribution in [0.25, 0.3) is 0 Å². The fraction of sp³-hybridized carbons (Fsp3) is 0.571. The Hall–Kier alpha value is -0.600. The molecule has 0 bridgehead atoms. The van der Waals surface area contributed by atoms with Gasteiger partial charge in [-0.15, -0.1) is 11.6 Å². The normalized spacial score (nSPS) is 11.8. The van der Waals surface area contributed by atoms with Crippen LogP contribution < -0.4 is 5.32 Å². The fourth-order valence-electron chi connectivity index (χ4n) is 1.78. The van der Waals surface area contributed by atoms with Gasteiger partial charge in [0.2, 0.25) is 0 Å². The minimum absolute atomic E-state index is 0.184. The Labute approximate surface area is 108 Å². The van der Waals surface area contributed by atoms with E-state index in [1.165, 1.54) is 12.1 Å². The Bertz CT molecular complexity index is 321. The van der Waals surface area contributed by atoms with Crippen LogP contribution >= 0.6 is 11.6 Å². The van der Waals surface area contributed by atoms with Crippen LogP contribution in [0.3, 0.4) is 0 Å². The van der Waals surface area contributed by atoms with Gasteiger partial charge in [0, 0.05) is 19.0 Å². The molecule has 0 heterocycles. The molecule has 1 nitrogen and oxygen atoms in total. The van der Waals surface area contributed by atoms with Crippen molar-refractivity contribution in [2.75, 3.05) is 12.4 Å². The standard InChI is InChI=1S/C14H21ClFN/c1-14(2,8-3-9-15)11-17-10-12-4-6-13(16)7-5-12/h4-7,17H,3,8-11H2,1-2H3. The molecule has 1 aromatic rings. The molecule has 0 amide bonds. The average molecular weight is 258 g/mol. The van der Waals surface area contributed by atoms with Crippen molar-refractivity contribution in [3.63, 3.8) is 0 Å². The van der Waals surface area contributed by atoms with Crippen molar-refractivity contribution in [1.29, 1.82) is 0 Å². The molecule has 0 saturated heterocycles. The Balaban J connectivity index is 2.29. The van der Waals surface area contributed by atoms with Crippen molar-refractivity contribution >= 4 is 11.6 Å². The van der Waals surface area contributed by atoms with Crippen LogP contribution in [0.15, 0.2) is 24.3 Å². The Morgan fingerprint density at radius 2 is 1.88 bits per heavy atom. The van der Waals surface area contributed by atoms with E-state index in [-0.39, 0.29) is 11.2 Å². The van der Waals surface area contributed by atoms with E-state index in [0.717, 1.165) is 37.4 Å². The monoisotopic (exact) mass is 257 g/mol. The van der Waals surface area contributed by atoms with Crippen molar-refractivity contribution in [3.8, 4) is 0 Å². The molecule has 0 aliphatic heterocycles. The summed E-state index contributed by atoms with van der Waals surface area (Å²) in [5.74, 6) is 0.540. The van der Waals surface area contributed by atoms with Crippen LogP contribution in [0.1, 0.15) is 32.3 Å². The smallest absolute Gasteiger partial charge is 0.123 e. The van der Waals surface area contributed by atoms with Gasteiger partial charge in [-0.05, 0) is 36.0 Å². The molecule has 0 aliphatic carbocycles. The third-order valence-electron chi connectivity index (χ3n) is 2.83. The lowest BCUT2D eigenvalue weighted by Crippen LogP contribution is -2.29. The van der Waals surface area contributed by atoms with Gasteiger partial charge >= 0.3 is 0 Å². The molecule has 17 heavy (non-hydrogen) atoms. The quantitative estimate of drug-likeness (QED) is 0.729. The van der Waals surface area contributed by atoms with E-state index in [4.69, 9.17) is 11.6 Å². The number of halogens is 2. The SMILES string of the molecule is CC(C)(CCCCl)CNCc1ccc(F)cc1. The third kappa shape index (κ3) is 6.04. The molecule has 0 spiro atoms. The molecule has 1 N–H and O–H groups in total. The lowest BCUT2D eigenvalue weighted by atomic mass is 9.88. The van der Waals surface area contributed by atoms with E-state index in [1.807, 2.05) is 12.1 Å². The maximum atomic E-state index is 12.7. The molecule has 0 aliphatic rings. The van der Waals surface area contributed by atoms with Crippen molar-refractivity contribution in [2.45, 2.75) is 33.2 Å². The Morgan fingerprint density at radius 1 is 1.24 bits per heavy atom. The minimum atomic E-state index is -0.184. The second-order valence-corrected chi connectivity index (χ2v) is 5.56. The summed E-state index contributed by atoms with van der Waals surface area (Å²) < 4.78 is 12.7. The maximum Gasteiger partial charge on any atom is 0.123 e. The van der Waals surface area contributed by atoms with Gasteiger partial charge in [0.05, 0.1) is 0 Å². The summed E-state index contributed by atoms with van der Waals surface area (Å²) in [5, 5.41) is 3.40. The van der Waals surface area contributed by atoms with Crippen molar-refractivity contribution in [2.24, 2.45) is 5.41 Å². The zero-order chi connectivity index (χ0) is 12.7. The van der Waals surface area contributed by atoms with Crippen LogP contribution in [-0.2, 0) is 6.54 Å². The number of nitrogens with one attached hydrogen (secondary N) is 1. The topological polar surface area (TPSA) is 12.0 Å². The molecule has 0 atom stereocenters. The van der Waals surface area contributed by atoms with Gasteiger partial charge < -0.3 is 5.32 Å². The summed E-state index contributed by atoms with van der Waals surface area (Å²) in [7, 11) is 0. The Kier molecular flexibility index (Phi) is 5.93. The van der Waals surface area contributed by atoms with Gasteiger partial charge in [-0.2, -0.15) is 0 Å². The van der Waals surface area contributed by atoms with Crippen molar-refractivity contribution < 1.29 is 4.39 Å². The molecule has 0 aromatic heterocycles. The van der Waals surface area contributed by atoms with Crippen molar-refractivity contribution in [3.05, 3.63) is 35.6 Å². The molecule has 0 radical (unpaired) electrons. The second-order valence-electron chi connectivity index (χ2n) is 5.19. The molecule has 3 heteroatoms. The van der Waals surface area contributed by atoms with Crippen LogP contribution in [0, 0.1) is 11.2 Å². The van der Waals surface area contributed by atoms with E-state index in [9.17, 15) is 4.39 Å². The summed E-state index contributed by atoms with van der Waals surface area (Å²) in [6.45, 7) is 6.19. The summed E-state index contributed by atoms with van der Waals surface area (Å²) in [6.07, 6.45) is 2.17. The third-order valence-corrected chi connectivity index (χ3v) is 3.10. The number of rotatable bonds is 7. The van der Waals surface area contributed by atoms with Gasteiger partial charge in [0.1, 0.15) is 5.82 Å². The average Bonchev–Trinajstić information content (AvgIpc) is 2.29. The largest absolute Gasteiger partial charge is 0.312 e. The first-order chi connectivity index (χ1) is 8.03. The van der Waals surface area contributed by atoms with Crippen LogP contribution in [0.5, 0.6) is 0 Å². The van der Waals surface area contributed by atoms with E-state index in [2.05, 4.69) is 19.2 Å². The zero-order valence-corrected chi connectivity index (χ0v) is 11.4. The van der Waals surface area contributed by atoms with E-state index < -0.39 is 0 Å². The maximum absolute atomic E-state index is 12.7. The highest BCUT2D eigenvalue weighted by molar-refractivity contribution is 6.17. The summed E-state index contributed by atoms with van der Waals surface area (Å²) in [5.41, 5.74) is 1.37. The number of hydrogen-bond acceptors (Lipinski definition) is 1. The lowest BCUT2D eigenvalue weighted by molar-refractivity contribution is 0.311. The van der Waals surface area contributed by atoms with Gasteiger partial charge in [0.15, 0.2) is 0 Å². The van der Waals surface area contributed by atoms with E-state index in [1.54, 1.807) is 0 Å². The van der Waals surface area contributed by atoms with Crippen LogP contribution in [0.4, 0.5) is 4.39 Å². The van der Waals surface area contributed by atoms with Gasteiger partial charge in [0.25, 0.3) is 0 Å². The molecular weight excluding hydrogens is 237 g/mol. The highest BCUT2D eigenvalue weighted by Gasteiger charge is 2.16. The van der Waals surface area contributed by atoms with Gasteiger partial charge in [-0.25, -0.2) is 4.39 Å². The first-order valence-corrected chi connectivity index (χ1v) is 6.58. The fourth-order valence-corrected chi connectivity index (χ4v) is 1.91. The summed E-state index contributed by atoms with van der Waals surface area (Å²) in [4.78, 5) is 0. The second kappa shape index (κ2) is 6.97. The number of alkyl halides is 1. The highest BCUT2D eigenvalue weighted by atomic mass is 35.5. The number of benzene rings is 1. The zero-order valence-electron chi connectivity index (χ0n) is 10.6. The molecule has 1 rings (SSSR count). The van der Waals surface area contributed by atoms with E-state index in [0.29, 0.717) is 0 Å². The van der Waals surface area contributed by atoms with Crippen LogP contribution in [0.2, 0.25) is 0 Å². The molecule has 0 unspecified atom stereocenters. The lowest BCUT2D eigenvalue weighted by Gasteiger charge is -2.24. The van der Waals surface area contributed by atoms with Gasteiger partial charge in [-0.1, -0.05) is 26.0 Å². The van der Waals surface area contributed by atoms with Gasteiger partial charge in [-0.3, -0.25) is 0 Å². The minimum Gasteiger partial charge on any atom is -0.312 e. The summed E-state index contributed by atoms with van der Waals surface area (Å²) >= 11 is 5.70. The molecule has 1 aromatic carbocycles. The predicted octanol–water partition coefficient (Wildman–Crippen LogP) is 3.96. The predicted molar refractivity (Wildman–Crippen MR) is 71.8 cm³/mol. The Morgan fingerprint density at radius 3 is 2.47 bits per heavy atom. The van der Waals surface area contributed by atoms with E-state index >= 15 is 0 Å². The molecule has 0 saturated carbocycles. The first-order valence-electron chi connectivity index (χ1n) is 6.05. The summed E-state index contributed by atoms with van der Waals surface area (Å²) in [6, 6.07) is 6.62. The van der Waals surface area contributed by atoms with Crippen molar-refractivity contribution in [1.82, 2.24) is 5.32 Å².